The van der Waals surface area contributed by atoms with Gasteiger partial charge in [0, 0.05) is 16.8 Å². The maximum Gasteiger partial charge on any atom is 0.336 e. The zero-order chi connectivity index (χ0) is 31.9. The van der Waals surface area contributed by atoms with Gasteiger partial charge in [-0.2, -0.15) is 0 Å². The molecule has 0 spiro atoms. The normalized spacial score (nSPS) is 10.9. The zero-order valence-electron chi connectivity index (χ0n) is 23.9. The van der Waals surface area contributed by atoms with E-state index in [9.17, 15) is 34.5 Å². The minimum Gasteiger partial charge on any atom is -0.508 e. The summed E-state index contributed by atoms with van der Waals surface area (Å²) < 4.78 is 11.8. The molecule has 4 aromatic rings. The number of carbonyl (C=O) groups is 4. The Balaban J connectivity index is 1.26. The minimum atomic E-state index is -1.33. The lowest BCUT2D eigenvalue weighted by Crippen LogP contribution is -2.28. The van der Waals surface area contributed by atoms with Crippen molar-refractivity contribution < 1.29 is 44.0 Å². The Morgan fingerprint density at radius 2 is 1.05 bits per heavy atom. The molecule has 0 saturated carbocycles. The number of carboxylic acids is 2. The van der Waals surface area contributed by atoms with Gasteiger partial charge in [-0.25, -0.2) is 9.59 Å². The Morgan fingerprint density at radius 3 is 1.50 bits per heavy atom. The molecular formula is C33H30N2O9. The van der Waals surface area contributed by atoms with Gasteiger partial charge < -0.3 is 35.4 Å². The highest BCUT2D eigenvalue weighted by molar-refractivity contribution is 6.11. The van der Waals surface area contributed by atoms with Crippen molar-refractivity contribution in [2.24, 2.45) is 5.41 Å². The lowest BCUT2D eigenvalue weighted by Gasteiger charge is -2.25. The summed E-state index contributed by atoms with van der Waals surface area (Å²) in [7, 11) is 0. The Labute approximate surface area is 252 Å². The van der Waals surface area contributed by atoms with Crippen LogP contribution in [0.4, 0.5) is 11.4 Å². The first-order valence-electron chi connectivity index (χ1n) is 13.4. The monoisotopic (exact) mass is 598 g/mol. The van der Waals surface area contributed by atoms with Crippen molar-refractivity contribution >= 4 is 35.1 Å². The number of phenolic OH excluding ortho intramolecular Hbond substituents is 1. The molecule has 226 valence electrons. The average molecular weight is 599 g/mol. The second kappa shape index (κ2) is 13.4. The molecule has 0 bridgehead atoms. The molecule has 5 N–H and O–H groups in total. The highest BCUT2D eigenvalue weighted by Gasteiger charge is 2.21. The lowest BCUT2D eigenvalue weighted by molar-refractivity contribution is 0.0683. The van der Waals surface area contributed by atoms with E-state index in [0.717, 1.165) is 6.07 Å². The fourth-order valence-electron chi connectivity index (χ4n) is 4.04. The number of carbonyl (C=O) groups excluding carboxylic acids is 2. The van der Waals surface area contributed by atoms with Crippen LogP contribution in [-0.2, 0) is 0 Å². The van der Waals surface area contributed by atoms with Crippen LogP contribution in [0.5, 0.6) is 17.2 Å². The van der Waals surface area contributed by atoms with Crippen LogP contribution in [-0.4, -0.2) is 52.3 Å². The summed E-state index contributed by atoms with van der Waals surface area (Å²) in [6, 6.07) is 22.8. The number of phenols is 1. The fraction of sp³-hybridized carbons (Fsp3) is 0.152. The molecule has 0 saturated heterocycles. The number of rotatable bonds is 12. The predicted molar refractivity (Wildman–Crippen MR) is 162 cm³/mol. The van der Waals surface area contributed by atoms with E-state index in [-0.39, 0.29) is 28.0 Å². The summed E-state index contributed by atoms with van der Waals surface area (Å²) in [6.45, 7) is 4.56. The van der Waals surface area contributed by atoms with Gasteiger partial charge >= 0.3 is 11.9 Å². The molecular weight excluding hydrogens is 568 g/mol. The van der Waals surface area contributed by atoms with Gasteiger partial charge in [0.1, 0.15) is 17.2 Å². The molecule has 0 heterocycles. The van der Waals surface area contributed by atoms with Crippen LogP contribution < -0.4 is 20.1 Å². The number of amides is 2. The van der Waals surface area contributed by atoms with E-state index >= 15 is 0 Å². The van der Waals surface area contributed by atoms with Crippen molar-refractivity contribution in [2.75, 3.05) is 23.8 Å². The van der Waals surface area contributed by atoms with E-state index in [0.29, 0.717) is 36.1 Å². The molecule has 0 unspecified atom stereocenters. The molecule has 0 atom stereocenters. The summed E-state index contributed by atoms with van der Waals surface area (Å²) in [5, 5.41) is 33.5. The SMILES string of the molecule is CC(C)(COc1ccc(NC(=O)c2ccccc2C(=O)O)cc1)COc1ccc(NC(=O)c2ccc(O)cc2C(=O)O)cc1. The summed E-state index contributed by atoms with van der Waals surface area (Å²) in [4.78, 5) is 48.0. The van der Waals surface area contributed by atoms with E-state index in [1.807, 2.05) is 13.8 Å². The van der Waals surface area contributed by atoms with E-state index < -0.39 is 29.2 Å². The average Bonchev–Trinajstić information content (AvgIpc) is 3.00. The van der Waals surface area contributed by atoms with Gasteiger partial charge in [0.25, 0.3) is 11.8 Å². The standard InChI is InChI=1S/C33H30N2O9/c1-33(2,18-43-23-12-7-20(8-13-23)34-29(37)25-5-3-4-6-27(25)31(39)40)19-44-24-14-9-21(10-15-24)35-30(38)26-16-11-22(36)17-28(26)32(41)42/h3-17,36H,18-19H2,1-2H3,(H,34,37)(H,35,38)(H,39,40)(H,41,42). The van der Waals surface area contributed by atoms with Crippen molar-refractivity contribution in [1.29, 1.82) is 0 Å². The number of nitrogens with one attached hydrogen (secondary N) is 2. The largest absolute Gasteiger partial charge is 0.508 e. The smallest absolute Gasteiger partial charge is 0.336 e. The second-order valence-corrected chi connectivity index (χ2v) is 10.6. The molecule has 0 aliphatic rings. The number of benzene rings is 4. The Hall–Kier alpha value is -5.84. The Kier molecular flexibility index (Phi) is 9.49. The topological polar surface area (TPSA) is 171 Å². The molecule has 4 aromatic carbocycles. The third kappa shape index (κ3) is 8.13. The maximum atomic E-state index is 12.6. The number of hydrogen-bond acceptors (Lipinski definition) is 7. The first-order valence-corrected chi connectivity index (χ1v) is 13.4. The first-order chi connectivity index (χ1) is 20.9. The van der Waals surface area contributed by atoms with Crippen molar-refractivity contribution in [2.45, 2.75) is 13.8 Å². The first kappa shape index (κ1) is 31.1. The van der Waals surface area contributed by atoms with Gasteiger partial charge in [-0.15, -0.1) is 0 Å². The number of anilines is 2. The van der Waals surface area contributed by atoms with Gasteiger partial charge in [-0.1, -0.05) is 26.0 Å². The van der Waals surface area contributed by atoms with Crippen molar-refractivity contribution in [1.82, 2.24) is 0 Å². The van der Waals surface area contributed by atoms with Gasteiger partial charge in [0.15, 0.2) is 0 Å². The van der Waals surface area contributed by atoms with Crippen LogP contribution in [0.3, 0.4) is 0 Å². The predicted octanol–water partition coefficient (Wildman–Crippen LogP) is 5.78. The zero-order valence-corrected chi connectivity index (χ0v) is 23.9. The molecule has 0 aromatic heterocycles. The van der Waals surface area contributed by atoms with Crippen LogP contribution in [0.25, 0.3) is 0 Å². The van der Waals surface area contributed by atoms with E-state index in [4.69, 9.17) is 9.47 Å². The fourth-order valence-corrected chi connectivity index (χ4v) is 4.04. The third-order valence-electron chi connectivity index (χ3n) is 6.36. The van der Waals surface area contributed by atoms with Gasteiger partial charge in [0.05, 0.1) is 35.5 Å². The van der Waals surface area contributed by atoms with Crippen LogP contribution in [0.2, 0.25) is 0 Å². The molecule has 0 radical (unpaired) electrons. The van der Waals surface area contributed by atoms with Gasteiger partial charge in [0.2, 0.25) is 0 Å². The molecule has 0 fully saturated rings. The molecule has 4 rings (SSSR count). The van der Waals surface area contributed by atoms with Crippen LogP contribution in [0.1, 0.15) is 55.3 Å². The number of aromatic carboxylic acids is 2. The Morgan fingerprint density at radius 1 is 0.614 bits per heavy atom. The quantitative estimate of drug-likeness (QED) is 0.136. The van der Waals surface area contributed by atoms with Crippen LogP contribution >= 0.6 is 0 Å². The Bertz CT molecular complexity index is 1680. The molecule has 2 amide bonds. The molecule has 11 nitrogen and oxygen atoms in total. The van der Waals surface area contributed by atoms with E-state index in [1.165, 1.54) is 24.3 Å². The highest BCUT2D eigenvalue weighted by atomic mass is 16.5. The van der Waals surface area contributed by atoms with Crippen molar-refractivity contribution in [3.05, 3.63) is 113 Å². The maximum absolute atomic E-state index is 12.6. The summed E-state index contributed by atoms with van der Waals surface area (Å²) in [5.41, 5.74) is 0.0952. The van der Waals surface area contributed by atoms with Crippen LogP contribution in [0, 0.1) is 5.41 Å². The third-order valence-corrected chi connectivity index (χ3v) is 6.36. The molecule has 44 heavy (non-hydrogen) atoms. The minimum absolute atomic E-state index is 0.0601. The second-order valence-electron chi connectivity index (χ2n) is 10.6. The number of carboxylic acid groups (broad SMARTS) is 2. The number of hydrogen-bond donors (Lipinski definition) is 5. The van der Waals surface area contributed by atoms with E-state index in [1.54, 1.807) is 60.7 Å². The summed E-state index contributed by atoms with van der Waals surface area (Å²) in [5.74, 6) is -2.81. The summed E-state index contributed by atoms with van der Waals surface area (Å²) in [6.07, 6.45) is 0. The molecule has 0 aliphatic heterocycles. The molecule has 0 aliphatic carbocycles. The van der Waals surface area contributed by atoms with Crippen molar-refractivity contribution in [3.8, 4) is 17.2 Å². The highest BCUT2D eigenvalue weighted by Crippen LogP contribution is 2.24. The van der Waals surface area contributed by atoms with Crippen LogP contribution in [0.15, 0.2) is 91.0 Å². The van der Waals surface area contributed by atoms with Gasteiger partial charge in [-0.05, 0) is 78.9 Å². The number of ether oxygens (including phenoxy) is 2. The molecule has 11 heteroatoms. The van der Waals surface area contributed by atoms with Gasteiger partial charge in [-0.3, -0.25) is 9.59 Å². The van der Waals surface area contributed by atoms with Crippen molar-refractivity contribution in [3.63, 3.8) is 0 Å². The number of aromatic hydroxyl groups is 1. The summed E-state index contributed by atoms with van der Waals surface area (Å²) >= 11 is 0. The lowest BCUT2D eigenvalue weighted by atomic mass is 9.96. The van der Waals surface area contributed by atoms with E-state index in [2.05, 4.69) is 10.6 Å².